The van der Waals surface area contributed by atoms with Crippen molar-refractivity contribution in [3.63, 3.8) is 0 Å². The fourth-order valence-electron chi connectivity index (χ4n) is 2.49. The molecule has 0 saturated carbocycles. The Labute approximate surface area is 114 Å². The van der Waals surface area contributed by atoms with Crippen LogP contribution in [0.15, 0.2) is 0 Å². The molecule has 0 atom stereocenters. The van der Waals surface area contributed by atoms with E-state index in [9.17, 15) is 0 Å². The topological polar surface area (TPSA) is 42.2 Å². The van der Waals surface area contributed by atoms with Crippen molar-refractivity contribution >= 4 is 11.3 Å². The van der Waals surface area contributed by atoms with Gasteiger partial charge in [0.25, 0.3) is 0 Å². The first-order valence-electron chi connectivity index (χ1n) is 6.92. The average molecular weight is 267 g/mol. The third kappa shape index (κ3) is 3.31. The number of thiazole rings is 1. The van der Waals surface area contributed by atoms with E-state index in [-0.39, 0.29) is 5.41 Å². The summed E-state index contributed by atoms with van der Waals surface area (Å²) >= 11 is 1.81. The van der Waals surface area contributed by atoms with Gasteiger partial charge in [0.1, 0.15) is 0 Å². The van der Waals surface area contributed by atoms with Gasteiger partial charge in [-0.3, -0.25) is 0 Å². The predicted molar refractivity (Wildman–Crippen MR) is 78.1 cm³/mol. The van der Waals surface area contributed by atoms with Crippen LogP contribution in [0, 0.1) is 0 Å². The van der Waals surface area contributed by atoms with Gasteiger partial charge >= 0.3 is 0 Å². The predicted octanol–water partition coefficient (Wildman–Crippen LogP) is 2.54. The van der Waals surface area contributed by atoms with Crippen LogP contribution in [0.5, 0.6) is 0 Å². The Hall–Kier alpha value is -0.450. The van der Waals surface area contributed by atoms with Crippen molar-refractivity contribution in [2.45, 2.75) is 52.0 Å². The molecule has 0 amide bonds. The highest BCUT2D eigenvalue weighted by Gasteiger charge is 2.22. The number of nitrogens with two attached hydrogens (primary N) is 1. The summed E-state index contributed by atoms with van der Waals surface area (Å²) in [4.78, 5) is 8.63. The van der Waals surface area contributed by atoms with Crippen LogP contribution in [0.4, 0.5) is 0 Å². The van der Waals surface area contributed by atoms with E-state index >= 15 is 0 Å². The van der Waals surface area contributed by atoms with Crippen molar-refractivity contribution in [3.05, 3.63) is 15.6 Å². The Bertz CT molecular complexity index is 386. The maximum absolute atomic E-state index is 5.84. The molecule has 2 rings (SSSR count). The normalized spacial score (nSPS) is 17.6. The second-order valence-electron chi connectivity index (χ2n) is 6.13. The first kappa shape index (κ1) is 14.0. The largest absolute Gasteiger partial charge is 0.326 e. The summed E-state index contributed by atoms with van der Waals surface area (Å²) in [5.74, 6) is 0. The zero-order valence-electron chi connectivity index (χ0n) is 11.8. The van der Waals surface area contributed by atoms with Gasteiger partial charge in [0.05, 0.1) is 10.7 Å². The van der Waals surface area contributed by atoms with Crippen molar-refractivity contribution in [1.29, 1.82) is 0 Å². The standard InChI is InChI=1S/C14H25N3S/c1-14(2,3)13-11(10-15)18-12(16-13)6-9-17-7-4-5-8-17/h4-10,15H2,1-3H3. The SMILES string of the molecule is CC(C)(C)c1nc(CCN2CCCC2)sc1CN. The summed E-state index contributed by atoms with van der Waals surface area (Å²) in [6.45, 7) is 10.9. The minimum Gasteiger partial charge on any atom is -0.326 e. The lowest BCUT2D eigenvalue weighted by Crippen LogP contribution is -2.22. The van der Waals surface area contributed by atoms with Crippen LogP contribution in [0.2, 0.25) is 0 Å². The molecule has 4 heteroatoms. The second-order valence-corrected chi connectivity index (χ2v) is 7.30. The number of likely N-dealkylation sites (tertiary alicyclic amines) is 1. The molecule has 1 aliphatic heterocycles. The van der Waals surface area contributed by atoms with Crippen LogP contribution >= 0.6 is 11.3 Å². The van der Waals surface area contributed by atoms with E-state index in [0.29, 0.717) is 6.54 Å². The molecule has 2 N–H and O–H groups in total. The lowest BCUT2D eigenvalue weighted by atomic mass is 9.91. The summed E-state index contributed by atoms with van der Waals surface area (Å²) in [6.07, 6.45) is 3.80. The second kappa shape index (κ2) is 5.68. The number of aromatic nitrogens is 1. The lowest BCUT2D eigenvalue weighted by molar-refractivity contribution is 0.343. The Morgan fingerprint density at radius 3 is 2.44 bits per heavy atom. The first-order chi connectivity index (χ1) is 8.50. The number of nitrogens with zero attached hydrogens (tertiary/aromatic N) is 2. The van der Waals surface area contributed by atoms with Gasteiger partial charge in [0.15, 0.2) is 0 Å². The molecule has 0 aliphatic carbocycles. The van der Waals surface area contributed by atoms with Crippen LogP contribution in [0.1, 0.15) is 49.2 Å². The van der Waals surface area contributed by atoms with Gasteiger partial charge in [-0.2, -0.15) is 0 Å². The quantitative estimate of drug-likeness (QED) is 0.911. The molecule has 0 spiro atoms. The minimum atomic E-state index is 0.108. The van der Waals surface area contributed by atoms with Gasteiger partial charge in [-0.25, -0.2) is 4.98 Å². The molecular weight excluding hydrogens is 242 g/mol. The van der Waals surface area contributed by atoms with Gasteiger partial charge < -0.3 is 10.6 Å². The van der Waals surface area contributed by atoms with E-state index in [2.05, 4.69) is 25.7 Å². The summed E-state index contributed by atoms with van der Waals surface area (Å²) in [5.41, 5.74) is 7.15. The van der Waals surface area contributed by atoms with E-state index in [1.165, 1.54) is 41.5 Å². The van der Waals surface area contributed by atoms with E-state index < -0.39 is 0 Å². The van der Waals surface area contributed by atoms with Crippen LogP contribution < -0.4 is 5.73 Å². The van der Waals surface area contributed by atoms with Crippen LogP contribution in [-0.4, -0.2) is 29.5 Å². The van der Waals surface area contributed by atoms with Crippen molar-refractivity contribution in [3.8, 4) is 0 Å². The molecule has 1 fully saturated rings. The molecule has 0 radical (unpaired) electrons. The Morgan fingerprint density at radius 1 is 1.28 bits per heavy atom. The molecule has 1 aliphatic rings. The van der Waals surface area contributed by atoms with Crippen LogP contribution in [0.3, 0.4) is 0 Å². The Balaban J connectivity index is 2.02. The Morgan fingerprint density at radius 2 is 1.94 bits per heavy atom. The monoisotopic (exact) mass is 267 g/mol. The summed E-state index contributed by atoms with van der Waals surface area (Å²) < 4.78 is 0. The smallest absolute Gasteiger partial charge is 0.0944 e. The van der Waals surface area contributed by atoms with Gasteiger partial charge in [-0.1, -0.05) is 20.8 Å². The van der Waals surface area contributed by atoms with Gasteiger partial charge in [0, 0.05) is 29.8 Å². The first-order valence-corrected chi connectivity index (χ1v) is 7.74. The fraction of sp³-hybridized carbons (Fsp3) is 0.786. The van der Waals surface area contributed by atoms with Crippen molar-refractivity contribution in [2.24, 2.45) is 5.73 Å². The van der Waals surface area contributed by atoms with Crippen molar-refractivity contribution < 1.29 is 0 Å². The molecule has 1 saturated heterocycles. The third-order valence-corrected chi connectivity index (χ3v) is 4.62. The highest BCUT2D eigenvalue weighted by molar-refractivity contribution is 7.11. The summed E-state index contributed by atoms with van der Waals surface area (Å²) in [5, 5.41) is 1.26. The molecular formula is C14H25N3S. The molecule has 3 nitrogen and oxygen atoms in total. The fourth-order valence-corrected chi connectivity index (χ4v) is 3.64. The zero-order chi connectivity index (χ0) is 13.2. The summed E-state index contributed by atoms with van der Waals surface area (Å²) in [7, 11) is 0. The van der Waals surface area contributed by atoms with Crippen LogP contribution in [-0.2, 0) is 18.4 Å². The van der Waals surface area contributed by atoms with Crippen LogP contribution in [0.25, 0.3) is 0 Å². The number of hydrogen-bond donors (Lipinski definition) is 1. The lowest BCUT2D eigenvalue weighted by Gasteiger charge is -2.17. The highest BCUT2D eigenvalue weighted by atomic mass is 32.1. The molecule has 0 bridgehead atoms. The van der Waals surface area contributed by atoms with Crippen molar-refractivity contribution in [1.82, 2.24) is 9.88 Å². The molecule has 0 aromatic carbocycles. The van der Waals surface area contributed by atoms with Gasteiger partial charge in [0.2, 0.25) is 0 Å². The highest BCUT2D eigenvalue weighted by Crippen LogP contribution is 2.29. The molecule has 0 unspecified atom stereocenters. The minimum absolute atomic E-state index is 0.108. The summed E-state index contributed by atoms with van der Waals surface area (Å²) in [6, 6.07) is 0. The Kier molecular flexibility index (Phi) is 4.41. The van der Waals surface area contributed by atoms with Gasteiger partial charge in [-0.15, -0.1) is 11.3 Å². The molecule has 1 aromatic rings. The van der Waals surface area contributed by atoms with E-state index in [1.54, 1.807) is 11.3 Å². The molecule has 18 heavy (non-hydrogen) atoms. The van der Waals surface area contributed by atoms with E-state index in [0.717, 1.165) is 13.0 Å². The maximum atomic E-state index is 5.84. The van der Waals surface area contributed by atoms with E-state index in [4.69, 9.17) is 10.7 Å². The number of hydrogen-bond acceptors (Lipinski definition) is 4. The van der Waals surface area contributed by atoms with E-state index in [1.807, 2.05) is 0 Å². The average Bonchev–Trinajstić information content (AvgIpc) is 2.94. The maximum Gasteiger partial charge on any atom is 0.0944 e. The molecule has 1 aromatic heterocycles. The van der Waals surface area contributed by atoms with Crippen molar-refractivity contribution in [2.75, 3.05) is 19.6 Å². The number of rotatable bonds is 4. The third-order valence-electron chi connectivity index (χ3n) is 3.48. The molecule has 102 valence electrons. The van der Waals surface area contributed by atoms with Gasteiger partial charge in [-0.05, 0) is 25.9 Å². The molecule has 2 heterocycles. The zero-order valence-corrected chi connectivity index (χ0v) is 12.6.